The van der Waals surface area contributed by atoms with Crippen molar-refractivity contribution in [2.24, 2.45) is 0 Å². The molecule has 3 rings (SSSR count). The number of nitrogens with one attached hydrogen (secondary N) is 1. The Balaban J connectivity index is 1.56. The molecular weight excluding hydrogens is 350 g/mol. The number of aliphatic carboxylic acids is 1. The van der Waals surface area contributed by atoms with Gasteiger partial charge >= 0.3 is 5.97 Å². The minimum absolute atomic E-state index is 0.101. The number of piperidine rings is 1. The van der Waals surface area contributed by atoms with E-state index in [2.05, 4.69) is 10.3 Å². The largest absolute Gasteiger partial charge is 0.480 e. The smallest absolute Gasteiger partial charge is 0.320 e. The minimum Gasteiger partial charge on any atom is -0.480 e. The maximum atomic E-state index is 12.2. The monoisotopic (exact) mass is 373 g/mol. The van der Waals surface area contributed by atoms with Crippen LogP contribution >= 0.6 is 11.3 Å². The van der Waals surface area contributed by atoms with Crippen LogP contribution < -0.4 is 5.32 Å². The highest BCUT2D eigenvalue weighted by molar-refractivity contribution is 7.09. The van der Waals surface area contributed by atoms with Crippen LogP contribution in [-0.4, -0.2) is 39.5 Å². The van der Waals surface area contributed by atoms with Crippen molar-refractivity contribution in [1.29, 1.82) is 0 Å². The Morgan fingerprint density at radius 2 is 2.08 bits per heavy atom. The Kier molecular flexibility index (Phi) is 6.00. The number of carbonyl (C=O) groups is 2. The summed E-state index contributed by atoms with van der Waals surface area (Å²) in [7, 11) is 0. The number of aromatic nitrogens is 1. The van der Waals surface area contributed by atoms with Crippen molar-refractivity contribution in [3.8, 4) is 0 Å². The summed E-state index contributed by atoms with van der Waals surface area (Å²) in [5, 5.41) is 14.9. The average molecular weight is 373 g/mol. The molecule has 2 N–H and O–H groups in total. The molecule has 1 saturated heterocycles. The Labute approximate surface area is 156 Å². The summed E-state index contributed by atoms with van der Waals surface area (Å²) in [5.41, 5.74) is 2.75. The van der Waals surface area contributed by atoms with E-state index in [1.54, 1.807) is 0 Å². The van der Waals surface area contributed by atoms with Gasteiger partial charge in [0.25, 0.3) is 0 Å². The van der Waals surface area contributed by atoms with Crippen LogP contribution in [0.3, 0.4) is 0 Å². The predicted octanol–water partition coefficient (Wildman–Crippen LogP) is 3.07. The normalized spacial score (nSPS) is 17.8. The number of carboxylic acid groups (broad SMARTS) is 1. The first-order valence-corrected chi connectivity index (χ1v) is 9.66. The van der Waals surface area contributed by atoms with Gasteiger partial charge < -0.3 is 10.4 Å². The highest BCUT2D eigenvalue weighted by atomic mass is 32.1. The van der Waals surface area contributed by atoms with Gasteiger partial charge in [-0.25, -0.2) is 4.98 Å². The molecule has 1 amide bonds. The summed E-state index contributed by atoms with van der Waals surface area (Å²) < 4.78 is 0. The predicted molar refractivity (Wildman–Crippen MR) is 101 cm³/mol. The summed E-state index contributed by atoms with van der Waals surface area (Å²) in [4.78, 5) is 30.0. The van der Waals surface area contributed by atoms with Gasteiger partial charge in [-0.1, -0.05) is 24.1 Å². The molecule has 2 aromatic rings. The standard InChI is InChI=1S/C19H23N3O3S/c1-13-5-7-14(8-6-13)20-17(23)10-18-21-15(12-26-18)11-22-9-3-2-4-16(22)19(24)25/h5-8,12,16H,2-4,9-11H2,1H3,(H,20,23)(H,24,25). The van der Waals surface area contributed by atoms with E-state index < -0.39 is 12.0 Å². The van der Waals surface area contributed by atoms with Gasteiger partial charge in [-0.3, -0.25) is 14.5 Å². The van der Waals surface area contributed by atoms with Crippen molar-refractivity contribution >= 4 is 28.9 Å². The van der Waals surface area contributed by atoms with Gasteiger partial charge in [0.05, 0.1) is 12.1 Å². The van der Waals surface area contributed by atoms with Crippen molar-refractivity contribution in [1.82, 2.24) is 9.88 Å². The number of rotatable bonds is 6. The van der Waals surface area contributed by atoms with Gasteiger partial charge in [0.15, 0.2) is 0 Å². The van der Waals surface area contributed by atoms with E-state index in [9.17, 15) is 14.7 Å². The van der Waals surface area contributed by atoms with Crippen LogP contribution in [0.5, 0.6) is 0 Å². The molecule has 7 heteroatoms. The molecule has 0 spiro atoms. The molecule has 1 aromatic heterocycles. The molecule has 1 aliphatic rings. The maximum absolute atomic E-state index is 12.2. The van der Waals surface area contributed by atoms with Crippen LogP contribution in [0, 0.1) is 6.92 Å². The van der Waals surface area contributed by atoms with E-state index in [0.29, 0.717) is 13.0 Å². The molecule has 138 valence electrons. The molecule has 1 fully saturated rings. The Morgan fingerprint density at radius 3 is 2.81 bits per heavy atom. The Morgan fingerprint density at radius 1 is 1.31 bits per heavy atom. The first kappa shape index (κ1) is 18.5. The molecule has 26 heavy (non-hydrogen) atoms. The zero-order valence-electron chi connectivity index (χ0n) is 14.8. The van der Waals surface area contributed by atoms with E-state index in [0.717, 1.165) is 41.3 Å². The summed E-state index contributed by atoms with van der Waals surface area (Å²) >= 11 is 1.44. The van der Waals surface area contributed by atoms with E-state index >= 15 is 0 Å². The van der Waals surface area contributed by atoms with E-state index in [1.165, 1.54) is 11.3 Å². The van der Waals surface area contributed by atoms with Crippen LogP contribution in [0.2, 0.25) is 0 Å². The van der Waals surface area contributed by atoms with Crippen molar-refractivity contribution < 1.29 is 14.7 Å². The van der Waals surface area contributed by atoms with Crippen molar-refractivity contribution in [3.05, 3.63) is 45.9 Å². The van der Waals surface area contributed by atoms with Crippen LogP contribution in [-0.2, 0) is 22.6 Å². The van der Waals surface area contributed by atoms with Gasteiger partial charge in [0.1, 0.15) is 11.0 Å². The summed E-state index contributed by atoms with van der Waals surface area (Å²) in [6.07, 6.45) is 2.88. The van der Waals surface area contributed by atoms with E-state index in [4.69, 9.17) is 0 Å². The number of hydrogen-bond donors (Lipinski definition) is 2. The molecule has 2 heterocycles. The fourth-order valence-corrected chi connectivity index (χ4v) is 3.93. The number of carboxylic acids is 1. The third-order valence-electron chi connectivity index (χ3n) is 4.51. The van der Waals surface area contributed by atoms with Gasteiger partial charge in [-0.2, -0.15) is 0 Å². The number of carbonyl (C=O) groups excluding carboxylic acids is 1. The van der Waals surface area contributed by atoms with E-state index in [1.807, 2.05) is 41.5 Å². The van der Waals surface area contributed by atoms with Crippen molar-refractivity contribution in [3.63, 3.8) is 0 Å². The van der Waals surface area contributed by atoms with Crippen molar-refractivity contribution in [2.75, 3.05) is 11.9 Å². The molecule has 1 atom stereocenters. The molecule has 0 aliphatic carbocycles. The first-order valence-electron chi connectivity index (χ1n) is 8.78. The minimum atomic E-state index is -0.766. The number of nitrogens with zero attached hydrogens (tertiary/aromatic N) is 2. The summed E-state index contributed by atoms with van der Waals surface area (Å²) in [5.74, 6) is -0.867. The third kappa shape index (κ3) is 4.89. The molecule has 0 radical (unpaired) electrons. The number of aryl methyl sites for hydroxylation is 1. The van der Waals surface area contributed by atoms with Crippen LogP contribution in [0.4, 0.5) is 5.69 Å². The third-order valence-corrected chi connectivity index (χ3v) is 5.41. The number of amides is 1. The van der Waals surface area contributed by atoms with Gasteiger partial charge in [-0.05, 0) is 38.4 Å². The second-order valence-corrected chi connectivity index (χ2v) is 7.59. The lowest BCUT2D eigenvalue weighted by molar-refractivity contribution is -0.144. The van der Waals surface area contributed by atoms with Crippen LogP contribution in [0.25, 0.3) is 0 Å². The lowest BCUT2D eigenvalue weighted by atomic mass is 10.0. The zero-order chi connectivity index (χ0) is 18.5. The molecule has 1 aromatic carbocycles. The quantitative estimate of drug-likeness (QED) is 0.813. The molecule has 0 bridgehead atoms. The molecule has 6 nitrogen and oxygen atoms in total. The Hall–Kier alpha value is -2.25. The number of anilines is 1. The second kappa shape index (κ2) is 8.42. The fraction of sp³-hybridized carbons (Fsp3) is 0.421. The SMILES string of the molecule is Cc1ccc(NC(=O)Cc2nc(CN3CCCCC3C(=O)O)cs2)cc1. The molecule has 1 aliphatic heterocycles. The van der Waals surface area contributed by atoms with Gasteiger partial charge in [-0.15, -0.1) is 11.3 Å². The van der Waals surface area contributed by atoms with Crippen LogP contribution in [0.1, 0.15) is 35.5 Å². The lowest BCUT2D eigenvalue weighted by Crippen LogP contribution is -2.44. The van der Waals surface area contributed by atoms with E-state index in [-0.39, 0.29) is 12.3 Å². The number of benzene rings is 1. The zero-order valence-corrected chi connectivity index (χ0v) is 15.6. The van der Waals surface area contributed by atoms with Crippen LogP contribution in [0.15, 0.2) is 29.6 Å². The summed E-state index contributed by atoms with van der Waals surface area (Å²) in [6, 6.07) is 7.23. The number of likely N-dealkylation sites (tertiary alicyclic amines) is 1. The molecular formula is C19H23N3O3S. The highest BCUT2D eigenvalue weighted by Crippen LogP contribution is 2.21. The Bertz CT molecular complexity index is 773. The van der Waals surface area contributed by atoms with Gasteiger partial charge in [0, 0.05) is 17.6 Å². The topological polar surface area (TPSA) is 82.5 Å². The fourth-order valence-electron chi connectivity index (χ4n) is 3.15. The van der Waals surface area contributed by atoms with Gasteiger partial charge in [0.2, 0.25) is 5.91 Å². The highest BCUT2D eigenvalue weighted by Gasteiger charge is 2.28. The molecule has 0 saturated carbocycles. The first-order chi connectivity index (χ1) is 12.5. The average Bonchev–Trinajstić information content (AvgIpc) is 3.04. The summed E-state index contributed by atoms with van der Waals surface area (Å²) in [6.45, 7) is 3.30. The maximum Gasteiger partial charge on any atom is 0.320 e. The second-order valence-electron chi connectivity index (χ2n) is 6.64. The lowest BCUT2D eigenvalue weighted by Gasteiger charge is -2.32. The molecule has 1 unspecified atom stereocenters. The van der Waals surface area contributed by atoms with Crippen molar-refractivity contribution in [2.45, 2.75) is 45.2 Å². The number of thiazole rings is 1. The number of hydrogen-bond acceptors (Lipinski definition) is 5.